The van der Waals surface area contributed by atoms with Crippen LogP contribution in [0.4, 0.5) is 5.69 Å². The number of nitrogens with zero attached hydrogens (tertiary/aromatic N) is 1. The van der Waals surface area contributed by atoms with Gasteiger partial charge in [0, 0.05) is 25.8 Å². The van der Waals surface area contributed by atoms with Crippen molar-refractivity contribution in [3.63, 3.8) is 0 Å². The van der Waals surface area contributed by atoms with Gasteiger partial charge in [-0.2, -0.15) is 0 Å². The monoisotopic (exact) mass is 260 g/mol. The molecular formula is C17H28N2. The first-order chi connectivity index (χ1) is 9.31. The second-order valence-corrected chi connectivity index (χ2v) is 5.79. The van der Waals surface area contributed by atoms with Gasteiger partial charge in [-0.1, -0.05) is 44.4 Å². The van der Waals surface area contributed by atoms with Crippen LogP contribution in [0.5, 0.6) is 0 Å². The van der Waals surface area contributed by atoms with E-state index in [1.807, 2.05) is 0 Å². The van der Waals surface area contributed by atoms with Gasteiger partial charge in [0.1, 0.15) is 0 Å². The normalized spacial score (nSPS) is 16.5. The van der Waals surface area contributed by atoms with Crippen LogP contribution in [0.15, 0.2) is 24.3 Å². The minimum absolute atomic E-state index is 0.894. The van der Waals surface area contributed by atoms with Gasteiger partial charge in [0.05, 0.1) is 0 Å². The predicted molar refractivity (Wildman–Crippen MR) is 83.7 cm³/mol. The fraction of sp³-hybridized carbons (Fsp3) is 0.647. The van der Waals surface area contributed by atoms with Crippen LogP contribution < -0.4 is 10.2 Å². The summed E-state index contributed by atoms with van der Waals surface area (Å²) < 4.78 is 0. The van der Waals surface area contributed by atoms with Crippen molar-refractivity contribution in [2.24, 2.45) is 5.92 Å². The SMILES string of the molecule is CCNCc1ccccc1N(C)CC1CCCCC1. The molecule has 1 N–H and O–H groups in total. The van der Waals surface area contributed by atoms with Crippen molar-refractivity contribution in [1.82, 2.24) is 5.32 Å². The topological polar surface area (TPSA) is 15.3 Å². The number of benzene rings is 1. The van der Waals surface area contributed by atoms with Gasteiger partial charge in [-0.25, -0.2) is 0 Å². The minimum Gasteiger partial charge on any atom is -0.374 e. The van der Waals surface area contributed by atoms with Crippen LogP contribution in [0, 0.1) is 5.92 Å². The molecule has 106 valence electrons. The van der Waals surface area contributed by atoms with Crippen molar-refractivity contribution in [3.05, 3.63) is 29.8 Å². The van der Waals surface area contributed by atoms with Crippen molar-refractivity contribution in [2.45, 2.75) is 45.6 Å². The van der Waals surface area contributed by atoms with E-state index in [2.05, 4.69) is 48.5 Å². The maximum atomic E-state index is 3.44. The highest BCUT2D eigenvalue weighted by Crippen LogP contribution is 2.27. The van der Waals surface area contributed by atoms with E-state index >= 15 is 0 Å². The molecule has 0 heterocycles. The number of hydrogen-bond acceptors (Lipinski definition) is 2. The average Bonchev–Trinajstić information content (AvgIpc) is 2.46. The molecule has 0 bridgehead atoms. The fourth-order valence-corrected chi connectivity index (χ4v) is 3.15. The third kappa shape index (κ3) is 4.24. The van der Waals surface area contributed by atoms with Crippen molar-refractivity contribution >= 4 is 5.69 Å². The average molecular weight is 260 g/mol. The quantitative estimate of drug-likeness (QED) is 0.836. The third-order valence-electron chi connectivity index (χ3n) is 4.23. The van der Waals surface area contributed by atoms with Gasteiger partial charge in [-0.05, 0) is 36.9 Å². The van der Waals surface area contributed by atoms with Crippen LogP contribution in [0.3, 0.4) is 0 Å². The molecule has 2 heteroatoms. The van der Waals surface area contributed by atoms with E-state index in [1.165, 1.54) is 49.9 Å². The van der Waals surface area contributed by atoms with Crippen LogP contribution in [0.2, 0.25) is 0 Å². The zero-order valence-corrected chi connectivity index (χ0v) is 12.5. The second-order valence-electron chi connectivity index (χ2n) is 5.79. The van der Waals surface area contributed by atoms with Gasteiger partial charge >= 0.3 is 0 Å². The standard InChI is InChI=1S/C17H28N2/c1-3-18-13-16-11-7-8-12-17(16)19(2)14-15-9-5-4-6-10-15/h7-8,11-12,15,18H,3-6,9-10,13-14H2,1-2H3. The zero-order chi connectivity index (χ0) is 13.5. The van der Waals surface area contributed by atoms with Crippen molar-refractivity contribution in [2.75, 3.05) is 25.0 Å². The number of hydrogen-bond donors (Lipinski definition) is 1. The van der Waals surface area contributed by atoms with Crippen molar-refractivity contribution in [3.8, 4) is 0 Å². The Balaban J connectivity index is 1.98. The van der Waals surface area contributed by atoms with E-state index in [4.69, 9.17) is 0 Å². The Kier molecular flexibility index (Phi) is 5.71. The van der Waals surface area contributed by atoms with Gasteiger partial charge in [0.25, 0.3) is 0 Å². The molecule has 0 amide bonds. The van der Waals surface area contributed by atoms with Crippen LogP contribution in [-0.2, 0) is 6.54 Å². The Morgan fingerprint density at radius 3 is 2.63 bits per heavy atom. The first kappa shape index (κ1) is 14.4. The first-order valence-electron chi connectivity index (χ1n) is 7.81. The summed E-state index contributed by atoms with van der Waals surface area (Å²) in [4.78, 5) is 2.46. The Morgan fingerprint density at radius 1 is 1.16 bits per heavy atom. The molecule has 19 heavy (non-hydrogen) atoms. The van der Waals surface area contributed by atoms with Gasteiger partial charge in [0.15, 0.2) is 0 Å². The Hall–Kier alpha value is -1.02. The number of nitrogens with one attached hydrogen (secondary N) is 1. The van der Waals surface area contributed by atoms with Gasteiger partial charge in [0.2, 0.25) is 0 Å². The summed E-state index contributed by atoms with van der Waals surface area (Å²) in [6.07, 6.45) is 7.13. The van der Waals surface area contributed by atoms with E-state index < -0.39 is 0 Å². The summed E-state index contributed by atoms with van der Waals surface area (Å²) in [5.41, 5.74) is 2.82. The summed E-state index contributed by atoms with van der Waals surface area (Å²) in [7, 11) is 2.25. The van der Waals surface area contributed by atoms with Crippen molar-refractivity contribution in [1.29, 1.82) is 0 Å². The summed E-state index contributed by atoms with van der Waals surface area (Å²) >= 11 is 0. The lowest BCUT2D eigenvalue weighted by Crippen LogP contribution is -2.28. The molecule has 1 aromatic carbocycles. The number of para-hydroxylation sites is 1. The highest BCUT2D eigenvalue weighted by molar-refractivity contribution is 5.53. The lowest BCUT2D eigenvalue weighted by atomic mass is 9.89. The number of rotatable bonds is 6. The maximum Gasteiger partial charge on any atom is 0.0409 e. The Bertz CT molecular complexity index is 369. The largest absolute Gasteiger partial charge is 0.374 e. The van der Waals surface area contributed by atoms with Gasteiger partial charge < -0.3 is 10.2 Å². The molecule has 1 saturated carbocycles. The first-order valence-corrected chi connectivity index (χ1v) is 7.81. The molecule has 2 nitrogen and oxygen atoms in total. The molecular weight excluding hydrogens is 232 g/mol. The molecule has 0 aliphatic heterocycles. The molecule has 1 fully saturated rings. The van der Waals surface area contributed by atoms with E-state index in [1.54, 1.807) is 0 Å². The highest BCUT2D eigenvalue weighted by Gasteiger charge is 2.16. The van der Waals surface area contributed by atoms with E-state index in [9.17, 15) is 0 Å². The van der Waals surface area contributed by atoms with Crippen LogP contribution in [0.1, 0.15) is 44.6 Å². The Labute approximate surface area is 118 Å². The molecule has 1 aliphatic carbocycles. The minimum atomic E-state index is 0.894. The van der Waals surface area contributed by atoms with E-state index in [-0.39, 0.29) is 0 Å². The molecule has 2 rings (SSSR count). The predicted octanol–water partition coefficient (Wildman–Crippen LogP) is 3.81. The summed E-state index contributed by atoms with van der Waals surface area (Å²) in [6, 6.07) is 8.80. The lowest BCUT2D eigenvalue weighted by Gasteiger charge is -2.29. The third-order valence-corrected chi connectivity index (χ3v) is 4.23. The highest BCUT2D eigenvalue weighted by atomic mass is 15.1. The van der Waals surface area contributed by atoms with Crippen LogP contribution in [-0.4, -0.2) is 20.1 Å². The maximum absolute atomic E-state index is 3.44. The summed E-state index contributed by atoms with van der Waals surface area (Å²) in [6.45, 7) is 5.37. The molecule has 0 radical (unpaired) electrons. The molecule has 0 aromatic heterocycles. The number of anilines is 1. The fourth-order valence-electron chi connectivity index (χ4n) is 3.15. The molecule has 1 aliphatic rings. The zero-order valence-electron chi connectivity index (χ0n) is 12.5. The molecule has 0 spiro atoms. The molecule has 0 unspecified atom stereocenters. The smallest absolute Gasteiger partial charge is 0.0409 e. The van der Waals surface area contributed by atoms with Crippen LogP contribution >= 0.6 is 0 Å². The molecule has 0 saturated heterocycles. The summed E-state index contributed by atoms with van der Waals surface area (Å²) in [5, 5.41) is 3.44. The van der Waals surface area contributed by atoms with Crippen molar-refractivity contribution < 1.29 is 0 Å². The van der Waals surface area contributed by atoms with Crippen LogP contribution in [0.25, 0.3) is 0 Å². The summed E-state index contributed by atoms with van der Waals surface area (Å²) in [5.74, 6) is 0.894. The van der Waals surface area contributed by atoms with Gasteiger partial charge in [-0.3, -0.25) is 0 Å². The van der Waals surface area contributed by atoms with Gasteiger partial charge in [-0.15, -0.1) is 0 Å². The molecule has 1 aromatic rings. The Morgan fingerprint density at radius 2 is 1.89 bits per heavy atom. The molecule has 0 atom stereocenters. The second kappa shape index (κ2) is 7.54. The lowest BCUT2D eigenvalue weighted by molar-refractivity contribution is 0.362. The van der Waals surface area contributed by atoms with E-state index in [0.29, 0.717) is 0 Å². The van der Waals surface area contributed by atoms with E-state index in [0.717, 1.165) is 19.0 Å².